The van der Waals surface area contributed by atoms with Crippen LogP contribution in [-0.2, 0) is 0 Å². The molecule has 6 nitrogen and oxygen atoms in total. The van der Waals surface area contributed by atoms with Gasteiger partial charge < -0.3 is 14.6 Å². The van der Waals surface area contributed by atoms with Crippen molar-refractivity contribution in [3.8, 4) is 0 Å². The maximum Gasteiger partial charge on any atom is 0.289 e. The summed E-state index contributed by atoms with van der Waals surface area (Å²) in [4.78, 5) is 22.6. The van der Waals surface area contributed by atoms with Crippen LogP contribution in [0.5, 0.6) is 0 Å². The van der Waals surface area contributed by atoms with Gasteiger partial charge in [0, 0.05) is 35.6 Å². The van der Waals surface area contributed by atoms with Gasteiger partial charge in [-0.2, -0.15) is 0 Å². The summed E-state index contributed by atoms with van der Waals surface area (Å²) in [7, 11) is 0. The van der Waals surface area contributed by atoms with Crippen molar-refractivity contribution in [3.05, 3.63) is 40.1 Å². The smallest absolute Gasteiger partial charge is 0.289 e. The fourth-order valence-electron chi connectivity index (χ4n) is 2.61. The molecule has 0 spiro atoms. The second kappa shape index (κ2) is 7.08. The van der Waals surface area contributed by atoms with Gasteiger partial charge >= 0.3 is 0 Å². The molecule has 0 aliphatic carbocycles. The Bertz CT molecular complexity index is 615. The molecule has 1 N–H and O–H groups in total. The molecule has 2 aromatic rings. The maximum atomic E-state index is 12.3. The van der Waals surface area contributed by atoms with Crippen LogP contribution in [0.4, 0.5) is 5.95 Å². The molecule has 7 heteroatoms. The molecule has 0 saturated carbocycles. The largest absolute Gasteiger partial charge is 0.459 e. The van der Waals surface area contributed by atoms with E-state index < -0.39 is 0 Å². The van der Waals surface area contributed by atoms with Crippen molar-refractivity contribution in [2.24, 2.45) is 5.92 Å². The Morgan fingerprint density at radius 1 is 1.45 bits per heavy atom. The third-order valence-corrected chi connectivity index (χ3v) is 4.26. The number of likely N-dealkylation sites (tertiary alicyclic amines) is 1. The zero-order valence-corrected chi connectivity index (χ0v) is 14.2. The van der Waals surface area contributed by atoms with E-state index in [1.807, 2.05) is 4.90 Å². The first-order chi connectivity index (χ1) is 10.7. The number of carbonyl (C=O) groups excluding carboxylic acids is 1. The van der Waals surface area contributed by atoms with Gasteiger partial charge in [-0.15, -0.1) is 0 Å². The lowest BCUT2D eigenvalue weighted by Gasteiger charge is -2.32. The summed E-state index contributed by atoms with van der Waals surface area (Å²) in [5.74, 6) is 1.42. The van der Waals surface area contributed by atoms with Crippen LogP contribution >= 0.6 is 22.6 Å². The summed E-state index contributed by atoms with van der Waals surface area (Å²) in [6, 6.07) is 3.45. The maximum absolute atomic E-state index is 12.3. The molecule has 1 atom stereocenters. The lowest BCUT2D eigenvalue weighted by molar-refractivity contribution is 0.0648. The molecule has 1 fully saturated rings. The van der Waals surface area contributed by atoms with Gasteiger partial charge in [0.15, 0.2) is 5.76 Å². The van der Waals surface area contributed by atoms with Gasteiger partial charge in [0.2, 0.25) is 5.95 Å². The number of carbonyl (C=O) groups is 1. The molecule has 1 aliphatic rings. The quantitative estimate of drug-likeness (QED) is 0.782. The molecule has 3 heterocycles. The molecular formula is C15H17IN4O2. The second-order valence-corrected chi connectivity index (χ2v) is 6.59. The van der Waals surface area contributed by atoms with Gasteiger partial charge in [-0.1, -0.05) is 0 Å². The summed E-state index contributed by atoms with van der Waals surface area (Å²) < 4.78 is 6.21. The van der Waals surface area contributed by atoms with Gasteiger partial charge in [-0.3, -0.25) is 4.79 Å². The summed E-state index contributed by atoms with van der Waals surface area (Å²) >= 11 is 2.18. The summed E-state index contributed by atoms with van der Waals surface area (Å²) in [6.45, 7) is 2.29. The number of nitrogens with one attached hydrogen (secondary N) is 1. The van der Waals surface area contributed by atoms with Crippen LogP contribution in [-0.4, -0.2) is 40.4 Å². The summed E-state index contributed by atoms with van der Waals surface area (Å²) in [6.07, 6.45) is 7.20. The molecule has 0 radical (unpaired) electrons. The SMILES string of the molecule is O=C(c1ccco1)N1CCCC(CNc2ncc(I)cn2)C1. The third-order valence-electron chi connectivity index (χ3n) is 3.71. The second-order valence-electron chi connectivity index (χ2n) is 5.34. The van der Waals surface area contributed by atoms with E-state index in [-0.39, 0.29) is 5.91 Å². The van der Waals surface area contributed by atoms with E-state index in [1.54, 1.807) is 24.5 Å². The predicted molar refractivity (Wildman–Crippen MR) is 90.6 cm³/mol. The fraction of sp³-hybridized carbons (Fsp3) is 0.400. The Morgan fingerprint density at radius 3 is 3.00 bits per heavy atom. The predicted octanol–water partition coefficient (Wildman–Crippen LogP) is 2.64. The molecular weight excluding hydrogens is 395 g/mol. The standard InChI is InChI=1S/C15H17IN4O2/c16-12-8-18-15(19-9-12)17-7-11-3-1-5-20(10-11)14(21)13-4-2-6-22-13/h2,4,6,8-9,11H,1,3,5,7,10H2,(H,17,18,19). The number of hydrogen-bond acceptors (Lipinski definition) is 5. The number of rotatable bonds is 4. The molecule has 2 aromatic heterocycles. The highest BCUT2D eigenvalue weighted by molar-refractivity contribution is 14.1. The Hall–Kier alpha value is -1.64. The number of aromatic nitrogens is 2. The number of hydrogen-bond donors (Lipinski definition) is 1. The Balaban J connectivity index is 1.54. The summed E-state index contributed by atoms with van der Waals surface area (Å²) in [5, 5.41) is 3.25. The van der Waals surface area contributed by atoms with Gasteiger partial charge in [0.05, 0.1) is 6.26 Å². The first kappa shape index (κ1) is 15.3. The lowest BCUT2D eigenvalue weighted by Crippen LogP contribution is -2.41. The monoisotopic (exact) mass is 412 g/mol. The van der Waals surface area contributed by atoms with E-state index in [9.17, 15) is 4.79 Å². The molecule has 22 heavy (non-hydrogen) atoms. The van der Waals surface area contributed by atoms with Crippen molar-refractivity contribution < 1.29 is 9.21 Å². The highest BCUT2D eigenvalue weighted by atomic mass is 127. The van der Waals surface area contributed by atoms with Crippen LogP contribution in [0.3, 0.4) is 0 Å². The normalized spacial score (nSPS) is 18.2. The number of anilines is 1. The highest BCUT2D eigenvalue weighted by Crippen LogP contribution is 2.19. The van der Waals surface area contributed by atoms with Gasteiger partial charge in [-0.25, -0.2) is 9.97 Å². The lowest BCUT2D eigenvalue weighted by atomic mass is 9.98. The minimum absolute atomic E-state index is 0.0276. The first-order valence-electron chi connectivity index (χ1n) is 7.26. The molecule has 116 valence electrons. The van der Waals surface area contributed by atoms with Crippen LogP contribution < -0.4 is 5.32 Å². The number of halogens is 1. The van der Waals surface area contributed by atoms with E-state index in [2.05, 4.69) is 37.9 Å². The molecule has 0 aromatic carbocycles. The van der Waals surface area contributed by atoms with Crippen molar-refractivity contribution in [2.45, 2.75) is 12.8 Å². The average molecular weight is 412 g/mol. The molecule has 0 bridgehead atoms. The van der Waals surface area contributed by atoms with Crippen LogP contribution in [0.1, 0.15) is 23.4 Å². The van der Waals surface area contributed by atoms with E-state index in [0.29, 0.717) is 17.6 Å². The van der Waals surface area contributed by atoms with Crippen molar-refractivity contribution >= 4 is 34.4 Å². The summed E-state index contributed by atoms with van der Waals surface area (Å²) in [5.41, 5.74) is 0. The fourth-order valence-corrected chi connectivity index (χ4v) is 2.89. The average Bonchev–Trinajstić information content (AvgIpc) is 3.08. The zero-order valence-electron chi connectivity index (χ0n) is 12.0. The topological polar surface area (TPSA) is 71.3 Å². The van der Waals surface area contributed by atoms with Crippen LogP contribution in [0.25, 0.3) is 0 Å². The molecule has 1 saturated heterocycles. The van der Waals surface area contributed by atoms with Crippen molar-refractivity contribution in [3.63, 3.8) is 0 Å². The van der Waals surface area contributed by atoms with E-state index in [4.69, 9.17) is 4.42 Å². The van der Waals surface area contributed by atoms with E-state index >= 15 is 0 Å². The van der Waals surface area contributed by atoms with Crippen LogP contribution in [0.2, 0.25) is 0 Å². The van der Waals surface area contributed by atoms with E-state index in [0.717, 1.165) is 36.0 Å². The number of nitrogens with zero attached hydrogens (tertiary/aromatic N) is 3. The van der Waals surface area contributed by atoms with Gasteiger partial charge in [-0.05, 0) is 53.5 Å². The molecule has 1 unspecified atom stereocenters. The first-order valence-corrected chi connectivity index (χ1v) is 8.34. The minimum atomic E-state index is -0.0276. The van der Waals surface area contributed by atoms with Gasteiger partial charge in [0.25, 0.3) is 5.91 Å². The Labute approximate surface area is 142 Å². The number of amides is 1. The Kier molecular flexibility index (Phi) is 4.91. The minimum Gasteiger partial charge on any atom is -0.459 e. The van der Waals surface area contributed by atoms with Crippen molar-refractivity contribution in [2.75, 3.05) is 25.0 Å². The van der Waals surface area contributed by atoms with Crippen molar-refractivity contribution in [1.29, 1.82) is 0 Å². The zero-order chi connectivity index (χ0) is 15.4. The van der Waals surface area contributed by atoms with Gasteiger partial charge in [0.1, 0.15) is 0 Å². The van der Waals surface area contributed by atoms with Crippen molar-refractivity contribution in [1.82, 2.24) is 14.9 Å². The Morgan fingerprint density at radius 2 is 2.27 bits per heavy atom. The molecule has 1 aliphatic heterocycles. The molecule has 3 rings (SSSR count). The highest BCUT2D eigenvalue weighted by Gasteiger charge is 2.25. The number of piperidine rings is 1. The van der Waals surface area contributed by atoms with E-state index in [1.165, 1.54) is 6.26 Å². The third kappa shape index (κ3) is 3.76. The molecule has 1 amide bonds. The number of furan rings is 1. The van der Waals surface area contributed by atoms with Crippen LogP contribution in [0, 0.1) is 9.49 Å². The van der Waals surface area contributed by atoms with Crippen LogP contribution in [0.15, 0.2) is 35.2 Å².